The lowest BCUT2D eigenvalue weighted by Gasteiger charge is -2.12. The van der Waals surface area contributed by atoms with E-state index in [0.29, 0.717) is 19.0 Å². The van der Waals surface area contributed by atoms with E-state index in [1.807, 2.05) is 31.2 Å². The molecule has 0 aromatic heterocycles. The van der Waals surface area contributed by atoms with Gasteiger partial charge in [0.2, 0.25) is 10.0 Å². The summed E-state index contributed by atoms with van der Waals surface area (Å²) in [6.45, 7) is 3.79. The number of methoxy groups -OCH3 is 1. The van der Waals surface area contributed by atoms with E-state index in [-0.39, 0.29) is 28.9 Å². The minimum Gasteiger partial charge on any atom is -0.497 e. The van der Waals surface area contributed by atoms with E-state index >= 15 is 0 Å². The second-order valence-electron chi connectivity index (χ2n) is 5.75. The molecule has 0 saturated heterocycles. The number of nitrogens with zero attached hydrogens (tertiary/aromatic N) is 1. The lowest BCUT2D eigenvalue weighted by Crippen LogP contribution is -2.36. The number of hydrogen-bond acceptors (Lipinski definition) is 4. The van der Waals surface area contributed by atoms with Gasteiger partial charge in [-0.25, -0.2) is 18.1 Å². The number of nitrogens with one attached hydrogen (secondary N) is 3. The molecule has 154 valence electrons. The highest BCUT2D eigenvalue weighted by atomic mass is 127. The number of benzene rings is 2. The Hall–Kier alpha value is -1.85. The van der Waals surface area contributed by atoms with Crippen LogP contribution in [0.2, 0.25) is 0 Å². The molecule has 0 amide bonds. The zero-order chi connectivity index (χ0) is 19.7. The maximum absolute atomic E-state index is 11.8. The third-order valence-corrected chi connectivity index (χ3v) is 5.29. The van der Waals surface area contributed by atoms with Gasteiger partial charge in [0, 0.05) is 13.1 Å². The van der Waals surface area contributed by atoms with Gasteiger partial charge >= 0.3 is 0 Å². The fraction of sp³-hybridized carbons (Fsp3) is 0.316. The molecule has 3 N–H and O–H groups in total. The molecule has 2 aromatic carbocycles. The molecule has 2 rings (SSSR count). The molecular weight excluding hydrogens is 491 g/mol. The van der Waals surface area contributed by atoms with Crippen LogP contribution in [0.15, 0.2) is 58.4 Å². The third kappa shape index (κ3) is 7.28. The summed E-state index contributed by atoms with van der Waals surface area (Å²) in [5.41, 5.74) is 2.00. The molecule has 0 heterocycles. The fourth-order valence-corrected chi connectivity index (χ4v) is 3.10. The van der Waals surface area contributed by atoms with Crippen LogP contribution >= 0.6 is 24.0 Å². The quantitative estimate of drug-likeness (QED) is 0.284. The Morgan fingerprint density at radius 2 is 1.79 bits per heavy atom. The molecule has 0 aliphatic carbocycles. The summed E-state index contributed by atoms with van der Waals surface area (Å²) in [6.07, 6.45) is 0. The number of guanidine groups is 1. The van der Waals surface area contributed by atoms with Crippen LogP contribution in [0.4, 0.5) is 0 Å². The van der Waals surface area contributed by atoms with Crippen LogP contribution < -0.4 is 20.1 Å². The van der Waals surface area contributed by atoms with E-state index in [1.54, 1.807) is 31.4 Å². The highest BCUT2D eigenvalue weighted by Crippen LogP contribution is 2.13. The van der Waals surface area contributed by atoms with Crippen molar-refractivity contribution in [1.82, 2.24) is 15.4 Å². The van der Waals surface area contributed by atoms with Crippen molar-refractivity contribution in [3.8, 4) is 5.75 Å². The van der Waals surface area contributed by atoms with Crippen LogP contribution in [0.3, 0.4) is 0 Å². The Balaban J connectivity index is 0.00000392. The molecule has 0 aliphatic heterocycles. The first-order valence-electron chi connectivity index (χ1n) is 8.66. The molecule has 0 atom stereocenters. The summed E-state index contributed by atoms with van der Waals surface area (Å²) >= 11 is 0. The van der Waals surface area contributed by atoms with Gasteiger partial charge in [-0.2, -0.15) is 0 Å². The van der Waals surface area contributed by atoms with E-state index in [0.717, 1.165) is 23.4 Å². The van der Waals surface area contributed by atoms with Crippen molar-refractivity contribution in [3.63, 3.8) is 0 Å². The van der Waals surface area contributed by atoms with Crippen LogP contribution in [0.25, 0.3) is 0 Å². The maximum atomic E-state index is 11.8. The van der Waals surface area contributed by atoms with Crippen LogP contribution in [-0.4, -0.2) is 35.1 Å². The number of hydrogen-bond donors (Lipinski definition) is 3. The molecule has 0 saturated carbocycles. The second kappa shape index (κ2) is 11.9. The summed E-state index contributed by atoms with van der Waals surface area (Å²) in [7, 11) is -0.382. The topological polar surface area (TPSA) is 91.8 Å². The Morgan fingerprint density at radius 1 is 1.07 bits per heavy atom. The first kappa shape index (κ1) is 24.2. The average molecular weight is 518 g/mol. The summed E-state index contributed by atoms with van der Waals surface area (Å²) in [4.78, 5) is 4.82. The maximum Gasteiger partial charge on any atom is 0.240 e. The van der Waals surface area contributed by atoms with E-state index < -0.39 is 10.0 Å². The zero-order valence-corrected chi connectivity index (χ0v) is 19.4. The largest absolute Gasteiger partial charge is 0.497 e. The number of rotatable bonds is 8. The minimum atomic E-state index is -3.42. The monoisotopic (exact) mass is 518 g/mol. The van der Waals surface area contributed by atoms with Gasteiger partial charge in [0.25, 0.3) is 0 Å². The van der Waals surface area contributed by atoms with Crippen LogP contribution in [-0.2, 0) is 23.1 Å². The van der Waals surface area contributed by atoms with Crippen LogP contribution in [0.1, 0.15) is 18.1 Å². The minimum absolute atomic E-state index is 0. The molecule has 0 unspecified atom stereocenters. The summed E-state index contributed by atoms with van der Waals surface area (Å²) in [6, 6.07) is 14.5. The molecule has 0 aliphatic rings. The highest BCUT2D eigenvalue weighted by molar-refractivity contribution is 14.0. The van der Waals surface area contributed by atoms with Gasteiger partial charge in [-0.15, -0.1) is 24.0 Å². The van der Waals surface area contributed by atoms with Crippen LogP contribution in [0, 0.1) is 0 Å². The first-order valence-corrected chi connectivity index (χ1v) is 10.1. The number of halogens is 1. The smallest absolute Gasteiger partial charge is 0.240 e. The second-order valence-corrected chi connectivity index (χ2v) is 7.64. The zero-order valence-electron chi connectivity index (χ0n) is 16.2. The Morgan fingerprint density at radius 3 is 2.39 bits per heavy atom. The molecule has 28 heavy (non-hydrogen) atoms. The van der Waals surface area contributed by atoms with Crippen molar-refractivity contribution in [2.24, 2.45) is 4.99 Å². The van der Waals surface area contributed by atoms with E-state index in [9.17, 15) is 8.42 Å². The predicted octanol–water partition coefficient (Wildman–Crippen LogP) is 2.48. The van der Waals surface area contributed by atoms with Crippen molar-refractivity contribution >= 4 is 40.0 Å². The van der Waals surface area contributed by atoms with Crippen molar-refractivity contribution in [2.45, 2.75) is 24.9 Å². The summed E-state index contributed by atoms with van der Waals surface area (Å²) in [5.74, 6) is 1.49. The molecule has 0 fully saturated rings. The normalized spacial score (nSPS) is 11.5. The first-order chi connectivity index (χ1) is 13.0. The van der Waals surface area contributed by atoms with Gasteiger partial charge in [0.1, 0.15) is 5.75 Å². The molecule has 0 bridgehead atoms. The van der Waals surface area contributed by atoms with Gasteiger partial charge in [0.15, 0.2) is 5.96 Å². The molecule has 0 spiro atoms. The lowest BCUT2D eigenvalue weighted by molar-refractivity contribution is 0.414. The number of sulfonamides is 1. The molecule has 9 heteroatoms. The molecule has 0 radical (unpaired) electrons. The third-order valence-electron chi connectivity index (χ3n) is 3.86. The van der Waals surface area contributed by atoms with Gasteiger partial charge in [-0.05, 0) is 49.4 Å². The van der Waals surface area contributed by atoms with Gasteiger partial charge in [-0.1, -0.05) is 24.3 Å². The highest BCUT2D eigenvalue weighted by Gasteiger charge is 2.10. The number of ether oxygens (including phenoxy) is 1. The SMILES string of the molecule is CCNC(=NCc1cccc(OC)c1)NCc1ccc(S(=O)(=O)NC)cc1.I. The molecule has 2 aromatic rings. The van der Waals surface area contributed by atoms with E-state index in [2.05, 4.69) is 20.3 Å². The fourth-order valence-electron chi connectivity index (χ4n) is 2.37. The van der Waals surface area contributed by atoms with Crippen molar-refractivity contribution in [3.05, 3.63) is 59.7 Å². The van der Waals surface area contributed by atoms with E-state index in [4.69, 9.17) is 4.74 Å². The van der Waals surface area contributed by atoms with Crippen molar-refractivity contribution in [2.75, 3.05) is 20.7 Å². The van der Waals surface area contributed by atoms with Crippen molar-refractivity contribution in [1.29, 1.82) is 0 Å². The Bertz CT molecular complexity index is 871. The molecular formula is C19H27IN4O3S. The summed E-state index contributed by atoms with van der Waals surface area (Å²) < 4.78 is 31.1. The van der Waals surface area contributed by atoms with Gasteiger partial charge < -0.3 is 15.4 Å². The van der Waals surface area contributed by atoms with Crippen molar-refractivity contribution < 1.29 is 13.2 Å². The lowest BCUT2D eigenvalue weighted by atomic mass is 10.2. The Kier molecular flexibility index (Phi) is 10.3. The summed E-state index contributed by atoms with van der Waals surface area (Å²) in [5, 5.41) is 6.45. The van der Waals surface area contributed by atoms with Crippen LogP contribution in [0.5, 0.6) is 5.75 Å². The molecule has 7 nitrogen and oxygen atoms in total. The van der Waals surface area contributed by atoms with Gasteiger partial charge in [-0.3, -0.25) is 0 Å². The number of aliphatic imine (C=N–C) groups is 1. The average Bonchev–Trinajstić information content (AvgIpc) is 2.70. The standard InChI is InChI=1S/C19H26N4O3S.HI/c1-4-21-19(23-14-16-6-5-7-17(12-16)26-3)22-13-15-8-10-18(11-9-15)27(24,25)20-2;/h5-12,20H,4,13-14H2,1-3H3,(H2,21,22,23);1H. The predicted molar refractivity (Wildman–Crippen MR) is 123 cm³/mol. The van der Waals surface area contributed by atoms with Gasteiger partial charge in [0.05, 0.1) is 18.6 Å². The Labute approximate surface area is 184 Å². The van der Waals surface area contributed by atoms with E-state index in [1.165, 1.54) is 7.05 Å².